The summed E-state index contributed by atoms with van der Waals surface area (Å²) in [5, 5.41) is 3.34. The summed E-state index contributed by atoms with van der Waals surface area (Å²) < 4.78 is 36.7. The van der Waals surface area contributed by atoms with Gasteiger partial charge in [-0.05, 0) is 56.2 Å². The number of ether oxygens (including phenoxy) is 4. The fourth-order valence-corrected chi connectivity index (χ4v) is 4.79. The zero-order valence-electron chi connectivity index (χ0n) is 24.0. The Balaban J connectivity index is 1.69. The lowest BCUT2D eigenvalue weighted by molar-refractivity contribution is -0.142. The van der Waals surface area contributed by atoms with Crippen molar-refractivity contribution in [2.75, 3.05) is 44.1 Å². The minimum Gasteiger partial charge on any atom is -0.496 e. The number of halogens is 1. The van der Waals surface area contributed by atoms with Crippen LogP contribution in [0.5, 0.6) is 17.2 Å². The summed E-state index contributed by atoms with van der Waals surface area (Å²) in [6.45, 7) is 5.98. The second-order valence-electron chi connectivity index (χ2n) is 10.3. The summed E-state index contributed by atoms with van der Waals surface area (Å²) in [5.74, 6) is 0.597. The van der Waals surface area contributed by atoms with Gasteiger partial charge in [-0.2, -0.15) is 0 Å². The van der Waals surface area contributed by atoms with Crippen LogP contribution in [0.3, 0.4) is 0 Å². The molecule has 3 aromatic rings. The number of likely N-dealkylation sites (N-methyl/N-ethyl adjacent to an activating group) is 1. The average Bonchev–Trinajstić information content (AvgIpc) is 2.95. The summed E-state index contributed by atoms with van der Waals surface area (Å²) >= 11 is 0. The SMILES string of the molecule is COc1cc(OCCCOC(=O)CN)ccc1-c1ccc2c(c1COc1cc(F)ccc1C)N(C)C(=O)C(C)(C)N2. The minimum absolute atomic E-state index is 0.0749. The van der Waals surface area contributed by atoms with Crippen molar-refractivity contribution in [2.24, 2.45) is 5.73 Å². The maximum absolute atomic E-state index is 14.0. The van der Waals surface area contributed by atoms with Crippen LogP contribution in [0.25, 0.3) is 11.1 Å². The number of amides is 1. The van der Waals surface area contributed by atoms with Crippen LogP contribution < -0.4 is 30.2 Å². The summed E-state index contributed by atoms with van der Waals surface area (Å²) in [4.78, 5) is 26.1. The molecule has 0 spiro atoms. The fraction of sp³-hybridized carbons (Fsp3) is 0.355. The van der Waals surface area contributed by atoms with E-state index in [1.54, 1.807) is 31.2 Å². The van der Waals surface area contributed by atoms with Crippen molar-refractivity contribution in [3.8, 4) is 28.4 Å². The second-order valence-corrected chi connectivity index (χ2v) is 10.3. The predicted octanol–water partition coefficient (Wildman–Crippen LogP) is 4.83. The van der Waals surface area contributed by atoms with Crippen molar-refractivity contribution in [2.45, 2.75) is 39.3 Å². The number of hydrogen-bond acceptors (Lipinski definition) is 8. The third-order valence-corrected chi connectivity index (χ3v) is 6.88. The van der Waals surface area contributed by atoms with Gasteiger partial charge in [-0.15, -0.1) is 0 Å². The third-order valence-electron chi connectivity index (χ3n) is 6.88. The molecule has 1 heterocycles. The molecule has 9 nitrogen and oxygen atoms in total. The first-order chi connectivity index (χ1) is 19.6. The van der Waals surface area contributed by atoms with E-state index in [9.17, 15) is 14.0 Å². The molecule has 218 valence electrons. The smallest absolute Gasteiger partial charge is 0.319 e. The van der Waals surface area contributed by atoms with Crippen molar-refractivity contribution in [1.29, 1.82) is 0 Å². The monoisotopic (exact) mass is 565 g/mol. The van der Waals surface area contributed by atoms with E-state index in [1.807, 2.05) is 45.0 Å². The first-order valence-corrected chi connectivity index (χ1v) is 13.3. The molecular weight excluding hydrogens is 529 g/mol. The Hall–Kier alpha value is -4.31. The highest BCUT2D eigenvalue weighted by molar-refractivity contribution is 6.08. The van der Waals surface area contributed by atoms with Gasteiger partial charge in [0.05, 0.1) is 38.2 Å². The van der Waals surface area contributed by atoms with Crippen LogP contribution >= 0.6 is 0 Å². The molecule has 0 bridgehead atoms. The van der Waals surface area contributed by atoms with Gasteiger partial charge in [0.1, 0.15) is 35.2 Å². The van der Waals surface area contributed by atoms with Crippen molar-refractivity contribution < 1.29 is 32.9 Å². The normalized spacial score (nSPS) is 13.7. The number of fused-ring (bicyclic) bond motifs is 1. The number of nitrogens with two attached hydrogens (primary N) is 1. The van der Waals surface area contributed by atoms with E-state index in [1.165, 1.54) is 12.1 Å². The Morgan fingerprint density at radius 2 is 1.78 bits per heavy atom. The standard InChI is InChI=1S/C31H36FN3O6/c1-19-7-8-20(32)15-26(19)41-18-24-22(11-12-25-29(24)35(4)30(37)31(2,3)34-25)23-10-9-21(16-27(23)38-5)39-13-6-14-40-28(36)17-33/h7-12,15-16,34H,6,13-14,17-18,33H2,1-5H3. The molecule has 3 aromatic carbocycles. The zero-order valence-corrected chi connectivity index (χ0v) is 24.0. The van der Waals surface area contributed by atoms with Crippen LogP contribution in [-0.2, 0) is 20.9 Å². The number of hydrogen-bond donors (Lipinski definition) is 2. The van der Waals surface area contributed by atoms with Gasteiger partial charge in [0.15, 0.2) is 0 Å². The molecule has 0 aromatic heterocycles. The highest BCUT2D eigenvalue weighted by Crippen LogP contribution is 2.45. The number of nitrogens with zero attached hydrogens (tertiary/aromatic N) is 1. The Bertz CT molecular complexity index is 1440. The van der Waals surface area contributed by atoms with Gasteiger partial charge < -0.3 is 34.9 Å². The quantitative estimate of drug-likeness (QED) is 0.251. The lowest BCUT2D eigenvalue weighted by Crippen LogP contribution is -2.52. The highest BCUT2D eigenvalue weighted by atomic mass is 19.1. The second kappa shape index (κ2) is 12.5. The Kier molecular flexibility index (Phi) is 9.02. The number of benzene rings is 3. The van der Waals surface area contributed by atoms with E-state index < -0.39 is 17.3 Å². The van der Waals surface area contributed by atoms with E-state index in [0.717, 1.165) is 27.9 Å². The predicted molar refractivity (Wildman–Crippen MR) is 155 cm³/mol. The molecule has 1 amide bonds. The minimum atomic E-state index is -0.792. The van der Waals surface area contributed by atoms with Crippen LogP contribution in [0.2, 0.25) is 0 Å². The Morgan fingerprint density at radius 1 is 1.02 bits per heavy atom. The summed E-state index contributed by atoms with van der Waals surface area (Å²) in [7, 11) is 3.31. The molecule has 0 radical (unpaired) electrons. The first kappa shape index (κ1) is 29.7. The number of anilines is 2. The van der Waals surface area contributed by atoms with Gasteiger partial charge in [-0.25, -0.2) is 4.39 Å². The number of carbonyl (C=O) groups excluding carboxylic acids is 2. The van der Waals surface area contributed by atoms with Crippen LogP contribution in [0.4, 0.5) is 15.8 Å². The third kappa shape index (κ3) is 6.54. The molecule has 0 saturated heterocycles. The molecule has 10 heteroatoms. The van der Waals surface area contributed by atoms with Gasteiger partial charge >= 0.3 is 5.97 Å². The van der Waals surface area contributed by atoms with E-state index >= 15 is 0 Å². The van der Waals surface area contributed by atoms with E-state index in [-0.39, 0.29) is 25.7 Å². The molecule has 0 saturated carbocycles. The van der Waals surface area contributed by atoms with E-state index in [0.29, 0.717) is 36.0 Å². The van der Waals surface area contributed by atoms with E-state index in [2.05, 4.69) is 5.32 Å². The van der Waals surface area contributed by atoms with Gasteiger partial charge in [-0.3, -0.25) is 9.59 Å². The number of carbonyl (C=O) groups is 2. The molecule has 1 aliphatic heterocycles. The lowest BCUT2D eigenvalue weighted by Gasteiger charge is -2.39. The maximum atomic E-state index is 14.0. The molecule has 41 heavy (non-hydrogen) atoms. The van der Waals surface area contributed by atoms with Gasteiger partial charge in [0, 0.05) is 36.7 Å². The number of nitrogens with one attached hydrogen (secondary N) is 1. The average molecular weight is 566 g/mol. The van der Waals surface area contributed by atoms with Crippen molar-refractivity contribution in [3.63, 3.8) is 0 Å². The molecule has 0 aliphatic carbocycles. The first-order valence-electron chi connectivity index (χ1n) is 13.3. The highest BCUT2D eigenvalue weighted by Gasteiger charge is 2.38. The molecule has 0 atom stereocenters. The number of esters is 1. The van der Waals surface area contributed by atoms with Crippen molar-refractivity contribution in [3.05, 3.63) is 65.5 Å². The van der Waals surface area contributed by atoms with Crippen LogP contribution in [-0.4, -0.2) is 51.3 Å². The zero-order chi connectivity index (χ0) is 29.7. The van der Waals surface area contributed by atoms with Gasteiger partial charge in [0.25, 0.3) is 5.91 Å². The molecule has 0 unspecified atom stereocenters. The van der Waals surface area contributed by atoms with Crippen molar-refractivity contribution in [1.82, 2.24) is 0 Å². The summed E-state index contributed by atoms with van der Waals surface area (Å²) in [5.41, 5.74) is 8.99. The van der Waals surface area contributed by atoms with Crippen LogP contribution in [0.15, 0.2) is 48.5 Å². The number of aryl methyl sites for hydroxylation is 1. The van der Waals surface area contributed by atoms with Gasteiger partial charge in [-0.1, -0.05) is 12.1 Å². The van der Waals surface area contributed by atoms with Crippen molar-refractivity contribution >= 4 is 23.3 Å². The Morgan fingerprint density at radius 3 is 2.51 bits per heavy atom. The molecule has 3 N–H and O–H groups in total. The molecule has 0 fully saturated rings. The fourth-order valence-electron chi connectivity index (χ4n) is 4.79. The maximum Gasteiger partial charge on any atom is 0.319 e. The topological polar surface area (TPSA) is 112 Å². The lowest BCUT2D eigenvalue weighted by atomic mass is 9.91. The molecule has 1 aliphatic rings. The van der Waals surface area contributed by atoms with Gasteiger partial charge in [0.2, 0.25) is 0 Å². The van der Waals surface area contributed by atoms with Crippen LogP contribution in [0.1, 0.15) is 31.4 Å². The summed E-state index contributed by atoms with van der Waals surface area (Å²) in [6.07, 6.45) is 0.505. The molecule has 4 rings (SSSR count). The Labute approximate surface area is 239 Å². The number of methoxy groups -OCH3 is 1. The number of rotatable bonds is 11. The van der Waals surface area contributed by atoms with E-state index in [4.69, 9.17) is 24.7 Å². The molecular formula is C31H36FN3O6. The van der Waals surface area contributed by atoms with Crippen LogP contribution in [0, 0.1) is 12.7 Å². The largest absolute Gasteiger partial charge is 0.496 e. The summed E-state index contributed by atoms with van der Waals surface area (Å²) in [6, 6.07) is 13.8.